The first-order valence-corrected chi connectivity index (χ1v) is 11.2. The molecule has 0 spiro atoms. The third-order valence-corrected chi connectivity index (χ3v) is 6.88. The minimum atomic E-state index is -3.33. The van der Waals surface area contributed by atoms with Crippen LogP contribution in [-0.4, -0.2) is 27.6 Å². The highest BCUT2D eigenvalue weighted by Crippen LogP contribution is 2.31. The monoisotopic (exact) mass is 402 g/mol. The van der Waals surface area contributed by atoms with Crippen molar-refractivity contribution >= 4 is 48.7 Å². The quantitative estimate of drug-likeness (QED) is 0.687. The van der Waals surface area contributed by atoms with Crippen LogP contribution < -0.4 is 9.62 Å². The lowest BCUT2D eigenvalue weighted by Gasteiger charge is -2.16. The Balaban J connectivity index is 1.93. The van der Waals surface area contributed by atoms with Crippen LogP contribution in [0.2, 0.25) is 0 Å². The van der Waals surface area contributed by atoms with E-state index in [0.29, 0.717) is 10.6 Å². The van der Waals surface area contributed by atoms with Crippen molar-refractivity contribution in [3.63, 3.8) is 0 Å². The van der Waals surface area contributed by atoms with Gasteiger partial charge < -0.3 is 5.32 Å². The average Bonchev–Trinajstić information content (AvgIpc) is 3.05. The van der Waals surface area contributed by atoms with Gasteiger partial charge in [-0.15, -0.1) is 11.3 Å². The van der Waals surface area contributed by atoms with Gasteiger partial charge in [-0.2, -0.15) is 0 Å². The van der Waals surface area contributed by atoms with Crippen LogP contribution in [0.3, 0.4) is 0 Å². The van der Waals surface area contributed by atoms with Crippen LogP contribution in [0.5, 0.6) is 0 Å². The molecule has 1 aromatic heterocycles. The molecular formula is C20H22N2O3S2. The summed E-state index contributed by atoms with van der Waals surface area (Å²) in [6, 6.07) is 13.2. The number of nitrogens with one attached hydrogen (secondary N) is 1. The van der Waals surface area contributed by atoms with Crippen LogP contribution in [0.1, 0.15) is 27.7 Å². The Bertz CT molecular complexity index is 1120. The van der Waals surface area contributed by atoms with E-state index in [2.05, 4.69) is 12.2 Å². The van der Waals surface area contributed by atoms with E-state index in [1.807, 2.05) is 31.2 Å². The molecule has 142 valence electrons. The number of carbonyl (C=O) groups excluding carboxylic acids is 1. The number of benzene rings is 2. The Hall–Kier alpha value is -2.38. The third-order valence-electron chi connectivity index (χ3n) is 4.56. The van der Waals surface area contributed by atoms with E-state index < -0.39 is 10.0 Å². The molecular weight excluding hydrogens is 380 g/mol. The smallest absolute Gasteiger partial charge is 0.265 e. The summed E-state index contributed by atoms with van der Waals surface area (Å²) in [5, 5.41) is 3.88. The summed E-state index contributed by atoms with van der Waals surface area (Å²) in [4.78, 5) is 13.4. The van der Waals surface area contributed by atoms with Gasteiger partial charge in [-0.25, -0.2) is 8.42 Å². The number of rotatable bonds is 5. The zero-order valence-electron chi connectivity index (χ0n) is 15.7. The molecule has 2 aromatic carbocycles. The van der Waals surface area contributed by atoms with Crippen molar-refractivity contribution in [3.05, 3.63) is 58.5 Å². The standard InChI is InChI=1S/C20H22N2O3S2/c1-5-14-8-6-7-13(2)19(14)21-20(23)18-12-15-11-16(9-10-17(15)26-18)22(3)27(4,24)25/h6-12H,5H2,1-4H3,(H,21,23). The van der Waals surface area contributed by atoms with Gasteiger partial charge in [0.15, 0.2) is 0 Å². The van der Waals surface area contributed by atoms with Crippen molar-refractivity contribution in [2.75, 3.05) is 22.9 Å². The van der Waals surface area contributed by atoms with Gasteiger partial charge in [-0.3, -0.25) is 9.10 Å². The topological polar surface area (TPSA) is 66.5 Å². The molecule has 1 amide bonds. The van der Waals surface area contributed by atoms with Gasteiger partial charge in [0.25, 0.3) is 5.91 Å². The van der Waals surface area contributed by atoms with Crippen LogP contribution >= 0.6 is 11.3 Å². The molecule has 3 rings (SSSR count). The number of hydrogen-bond donors (Lipinski definition) is 1. The van der Waals surface area contributed by atoms with Crippen molar-refractivity contribution in [1.29, 1.82) is 0 Å². The van der Waals surface area contributed by atoms with Crippen LogP contribution in [0, 0.1) is 6.92 Å². The molecule has 5 nitrogen and oxygen atoms in total. The van der Waals surface area contributed by atoms with Crippen molar-refractivity contribution in [3.8, 4) is 0 Å². The number of para-hydroxylation sites is 1. The van der Waals surface area contributed by atoms with E-state index in [9.17, 15) is 13.2 Å². The third kappa shape index (κ3) is 3.99. The number of fused-ring (bicyclic) bond motifs is 1. The zero-order chi connectivity index (χ0) is 19.8. The largest absolute Gasteiger partial charge is 0.321 e. The number of carbonyl (C=O) groups is 1. The molecule has 0 aliphatic rings. The molecule has 7 heteroatoms. The zero-order valence-corrected chi connectivity index (χ0v) is 17.4. The molecule has 27 heavy (non-hydrogen) atoms. The Morgan fingerprint density at radius 1 is 1.19 bits per heavy atom. The van der Waals surface area contributed by atoms with Crippen molar-refractivity contribution in [2.24, 2.45) is 0 Å². The van der Waals surface area contributed by atoms with Crippen molar-refractivity contribution < 1.29 is 13.2 Å². The van der Waals surface area contributed by atoms with Crippen LogP contribution in [0.15, 0.2) is 42.5 Å². The molecule has 0 aliphatic carbocycles. The second-order valence-electron chi connectivity index (χ2n) is 6.48. The van der Waals surface area contributed by atoms with E-state index in [4.69, 9.17) is 0 Å². The molecule has 0 radical (unpaired) electrons. The lowest BCUT2D eigenvalue weighted by molar-refractivity contribution is 0.103. The number of amides is 1. The molecule has 0 saturated carbocycles. The van der Waals surface area contributed by atoms with Gasteiger partial charge >= 0.3 is 0 Å². The van der Waals surface area contributed by atoms with Crippen molar-refractivity contribution in [2.45, 2.75) is 20.3 Å². The number of sulfonamides is 1. The maximum absolute atomic E-state index is 12.8. The van der Waals surface area contributed by atoms with Gasteiger partial charge in [0.2, 0.25) is 10.0 Å². The van der Waals surface area contributed by atoms with Gasteiger partial charge in [-0.05, 0) is 54.1 Å². The fourth-order valence-electron chi connectivity index (χ4n) is 2.91. The summed E-state index contributed by atoms with van der Waals surface area (Å²) in [5.74, 6) is -0.154. The Labute approximate surface area is 163 Å². The highest BCUT2D eigenvalue weighted by atomic mass is 32.2. The lowest BCUT2D eigenvalue weighted by Crippen LogP contribution is -2.24. The summed E-state index contributed by atoms with van der Waals surface area (Å²) in [7, 11) is -1.81. The fourth-order valence-corrected chi connectivity index (χ4v) is 4.34. The first-order chi connectivity index (χ1) is 12.7. The predicted molar refractivity (Wildman–Crippen MR) is 114 cm³/mol. The predicted octanol–water partition coefficient (Wildman–Crippen LogP) is 4.42. The average molecular weight is 403 g/mol. The van der Waals surface area contributed by atoms with E-state index in [0.717, 1.165) is 39.6 Å². The SMILES string of the molecule is CCc1cccc(C)c1NC(=O)c1cc2cc(N(C)S(C)(=O)=O)ccc2s1. The number of hydrogen-bond acceptors (Lipinski definition) is 4. The summed E-state index contributed by atoms with van der Waals surface area (Å²) < 4.78 is 25.6. The van der Waals surface area contributed by atoms with E-state index in [-0.39, 0.29) is 5.91 Å². The summed E-state index contributed by atoms with van der Waals surface area (Å²) in [6.07, 6.45) is 2.00. The first kappa shape index (κ1) is 19.4. The van der Waals surface area contributed by atoms with Gasteiger partial charge in [-0.1, -0.05) is 25.1 Å². The highest BCUT2D eigenvalue weighted by molar-refractivity contribution is 7.92. The summed E-state index contributed by atoms with van der Waals surface area (Å²) in [6.45, 7) is 4.04. The Morgan fingerprint density at radius 2 is 1.93 bits per heavy atom. The van der Waals surface area contributed by atoms with E-state index >= 15 is 0 Å². The highest BCUT2D eigenvalue weighted by Gasteiger charge is 2.16. The molecule has 0 unspecified atom stereocenters. The Morgan fingerprint density at radius 3 is 2.59 bits per heavy atom. The maximum Gasteiger partial charge on any atom is 0.265 e. The lowest BCUT2D eigenvalue weighted by atomic mass is 10.1. The number of nitrogens with zero attached hydrogens (tertiary/aromatic N) is 1. The summed E-state index contributed by atoms with van der Waals surface area (Å²) in [5.41, 5.74) is 3.56. The molecule has 1 heterocycles. The molecule has 0 atom stereocenters. The Kier molecular flexibility index (Phi) is 5.26. The molecule has 3 aromatic rings. The normalized spacial score (nSPS) is 11.6. The second kappa shape index (κ2) is 7.32. The van der Waals surface area contributed by atoms with E-state index in [1.54, 1.807) is 18.2 Å². The van der Waals surface area contributed by atoms with Gasteiger partial charge in [0.1, 0.15) is 0 Å². The molecule has 0 bridgehead atoms. The van der Waals surface area contributed by atoms with Crippen LogP contribution in [0.25, 0.3) is 10.1 Å². The molecule has 0 fully saturated rings. The maximum atomic E-state index is 12.8. The molecule has 1 N–H and O–H groups in total. The van der Waals surface area contributed by atoms with Gasteiger partial charge in [0, 0.05) is 17.4 Å². The van der Waals surface area contributed by atoms with Crippen LogP contribution in [-0.2, 0) is 16.4 Å². The van der Waals surface area contributed by atoms with E-state index in [1.165, 1.54) is 22.7 Å². The number of thiophene rings is 1. The minimum Gasteiger partial charge on any atom is -0.321 e. The molecule has 0 aliphatic heterocycles. The number of anilines is 2. The number of aryl methyl sites for hydroxylation is 2. The minimum absolute atomic E-state index is 0.154. The second-order valence-corrected chi connectivity index (χ2v) is 9.58. The van der Waals surface area contributed by atoms with Crippen LogP contribution in [0.4, 0.5) is 11.4 Å². The summed E-state index contributed by atoms with van der Waals surface area (Å²) >= 11 is 1.39. The van der Waals surface area contributed by atoms with Crippen molar-refractivity contribution in [1.82, 2.24) is 0 Å². The van der Waals surface area contributed by atoms with Gasteiger partial charge in [0.05, 0.1) is 16.8 Å². The first-order valence-electron chi connectivity index (χ1n) is 8.58. The molecule has 0 saturated heterocycles. The fraction of sp³-hybridized carbons (Fsp3) is 0.250.